The quantitative estimate of drug-likeness (QED) is 0.808. The Balaban J connectivity index is 1.99. The first-order valence-corrected chi connectivity index (χ1v) is 8.94. The molecule has 1 aliphatic heterocycles. The monoisotopic (exact) mass is 331 g/mol. The van der Waals surface area contributed by atoms with E-state index < -0.39 is 10.0 Å². The molecule has 1 aromatic rings. The van der Waals surface area contributed by atoms with Gasteiger partial charge in [0.2, 0.25) is 10.0 Å². The Labute approximate surface area is 131 Å². The van der Waals surface area contributed by atoms with Crippen LogP contribution in [0.5, 0.6) is 0 Å². The minimum Gasteiger partial charge on any atom is -0.398 e. The summed E-state index contributed by atoms with van der Waals surface area (Å²) in [5.74, 6) is 0.343. The number of nitrogens with zero attached hydrogens (tertiary/aromatic N) is 1. The van der Waals surface area contributed by atoms with E-state index in [9.17, 15) is 8.42 Å². The van der Waals surface area contributed by atoms with Crippen LogP contribution in [0.25, 0.3) is 0 Å². The van der Waals surface area contributed by atoms with E-state index in [1.165, 1.54) is 18.2 Å². The highest BCUT2D eigenvalue weighted by atomic mass is 35.5. The molecule has 0 aliphatic carbocycles. The molecular formula is C14H22ClN3O2S. The Kier molecular flexibility index (Phi) is 5.14. The summed E-state index contributed by atoms with van der Waals surface area (Å²) in [5.41, 5.74) is 5.91. The van der Waals surface area contributed by atoms with E-state index in [1.807, 2.05) is 0 Å². The Morgan fingerprint density at radius 3 is 2.76 bits per heavy atom. The summed E-state index contributed by atoms with van der Waals surface area (Å²) in [6.45, 7) is 6.69. The molecule has 1 aromatic carbocycles. The zero-order valence-electron chi connectivity index (χ0n) is 12.3. The summed E-state index contributed by atoms with van der Waals surface area (Å²) in [4.78, 5) is 2.45. The molecule has 1 atom stereocenters. The molecule has 0 aromatic heterocycles. The van der Waals surface area contributed by atoms with E-state index in [0.29, 0.717) is 23.5 Å². The Hall–Kier alpha value is -0.820. The van der Waals surface area contributed by atoms with E-state index in [0.717, 1.165) is 19.5 Å². The van der Waals surface area contributed by atoms with Crippen molar-refractivity contribution < 1.29 is 8.42 Å². The third-order valence-corrected chi connectivity index (χ3v) is 5.60. The van der Waals surface area contributed by atoms with Crippen LogP contribution < -0.4 is 10.5 Å². The molecule has 1 aliphatic rings. The first-order valence-electron chi connectivity index (χ1n) is 7.08. The van der Waals surface area contributed by atoms with Crippen LogP contribution in [0, 0.1) is 5.92 Å². The van der Waals surface area contributed by atoms with Crippen molar-refractivity contribution in [3.05, 3.63) is 23.2 Å². The smallest absolute Gasteiger partial charge is 0.242 e. The minimum absolute atomic E-state index is 0.0885. The van der Waals surface area contributed by atoms with Gasteiger partial charge in [0.05, 0.1) is 5.69 Å². The molecule has 1 saturated heterocycles. The molecular weight excluding hydrogens is 310 g/mol. The second-order valence-electron chi connectivity index (χ2n) is 5.78. The van der Waals surface area contributed by atoms with Crippen LogP contribution in [-0.4, -0.2) is 39.0 Å². The van der Waals surface area contributed by atoms with Gasteiger partial charge in [0.1, 0.15) is 4.90 Å². The lowest BCUT2D eigenvalue weighted by molar-refractivity contribution is 0.265. The fourth-order valence-electron chi connectivity index (χ4n) is 2.57. The van der Waals surface area contributed by atoms with Crippen LogP contribution in [0.1, 0.15) is 20.3 Å². The summed E-state index contributed by atoms with van der Waals surface area (Å²) in [5, 5.41) is 0.426. The number of likely N-dealkylation sites (tertiary alicyclic amines) is 1. The van der Waals surface area contributed by atoms with E-state index >= 15 is 0 Å². The van der Waals surface area contributed by atoms with Crippen molar-refractivity contribution in [3.63, 3.8) is 0 Å². The number of nitrogens with two attached hydrogens (primary N) is 1. The van der Waals surface area contributed by atoms with Crippen molar-refractivity contribution in [2.24, 2.45) is 5.92 Å². The molecule has 1 fully saturated rings. The van der Waals surface area contributed by atoms with Crippen LogP contribution in [0.2, 0.25) is 5.02 Å². The Bertz CT molecular complexity index is 604. The number of halogens is 1. The fraction of sp³-hybridized carbons (Fsp3) is 0.571. The van der Waals surface area contributed by atoms with Gasteiger partial charge in [-0.1, -0.05) is 11.6 Å². The largest absolute Gasteiger partial charge is 0.398 e. The first kappa shape index (κ1) is 16.5. The highest BCUT2D eigenvalue weighted by Gasteiger charge is 2.26. The summed E-state index contributed by atoms with van der Waals surface area (Å²) >= 11 is 5.79. The zero-order chi connectivity index (χ0) is 15.6. The molecule has 118 valence electrons. The van der Waals surface area contributed by atoms with E-state index in [4.69, 9.17) is 17.3 Å². The number of benzene rings is 1. The van der Waals surface area contributed by atoms with E-state index in [2.05, 4.69) is 23.5 Å². The summed E-state index contributed by atoms with van der Waals surface area (Å²) in [6, 6.07) is 4.92. The van der Waals surface area contributed by atoms with Gasteiger partial charge in [-0.25, -0.2) is 13.1 Å². The number of anilines is 1. The number of nitrogens with one attached hydrogen (secondary N) is 1. The zero-order valence-corrected chi connectivity index (χ0v) is 13.9. The standard InChI is InChI=1S/C14H22ClN3O2S/c1-10(2)18-6-5-11(9-18)8-17-21(19,20)14-4-3-12(15)7-13(14)16/h3-4,7,10-11,17H,5-6,8-9,16H2,1-2H3. The topological polar surface area (TPSA) is 75.4 Å². The Morgan fingerprint density at radius 1 is 1.48 bits per heavy atom. The minimum atomic E-state index is -3.59. The van der Waals surface area contributed by atoms with Crippen molar-refractivity contribution in [2.45, 2.75) is 31.2 Å². The molecule has 2 rings (SSSR count). The highest BCUT2D eigenvalue weighted by molar-refractivity contribution is 7.89. The van der Waals surface area contributed by atoms with Gasteiger partial charge < -0.3 is 10.6 Å². The molecule has 0 spiro atoms. The van der Waals surface area contributed by atoms with Gasteiger partial charge in [-0.3, -0.25) is 0 Å². The van der Waals surface area contributed by atoms with Crippen molar-refractivity contribution in [2.75, 3.05) is 25.4 Å². The van der Waals surface area contributed by atoms with Crippen LogP contribution in [0.15, 0.2) is 23.1 Å². The van der Waals surface area contributed by atoms with Crippen molar-refractivity contribution in [1.82, 2.24) is 9.62 Å². The van der Waals surface area contributed by atoms with Gasteiger partial charge in [-0.05, 0) is 50.9 Å². The Morgan fingerprint density at radius 2 is 2.19 bits per heavy atom. The number of hydrogen-bond donors (Lipinski definition) is 2. The van der Waals surface area contributed by atoms with Crippen LogP contribution in [0.4, 0.5) is 5.69 Å². The SMILES string of the molecule is CC(C)N1CCC(CNS(=O)(=O)c2ccc(Cl)cc2N)C1. The second-order valence-corrected chi connectivity index (χ2v) is 7.95. The van der Waals surface area contributed by atoms with Crippen LogP contribution in [-0.2, 0) is 10.0 Å². The molecule has 1 unspecified atom stereocenters. The lowest BCUT2D eigenvalue weighted by atomic mass is 10.1. The van der Waals surface area contributed by atoms with E-state index in [1.54, 1.807) is 0 Å². The van der Waals surface area contributed by atoms with Gasteiger partial charge >= 0.3 is 0 Å². The molecule has 5 nitrogen and oxygen atoms in total. The molecule has 0 saturated carbocycles. The molecule has 0 amide bonds. The lowest BCUT2D eigenvalue weighted by Crippen LogP contribution is -2.33. The van der Waals surface area contributed by atoms with Gasteiger partial charge in [0.25, 0.3) is 0 Å². The third-order valence-electron chi connectivity index (χ3n) is 3.87. The molecule has 0 radical (unpaired) electrons. The second kappa shape index (κ2) is 6.52. The van der Waals surface area contributed by atoms with Crippen molar-refractivity contribution >= 4 is 27.3 Å². The third kappa shape index (κ3) is 4.10. The predicted molar refractivity (Wildman–Crippen MR) is 85.9 cm³/mol. The average molecular weight is 332 g/mol. The highest BCUT2D eigenvalue weighted by Crippen LogP contribution is 2.23. The predicted octanol–water partition coefficient (Wildman–Crippen LogP) is 1.93. The van der Waals surface area contributed by atoms with Crippen LogP contribution in [0.3, 0.4) is 0 Å². The van der Waals surface area contributed by atoms with Gasteiger partial charge in [-0.2, -0.15) is 0 Å². The normalized spacial score (nSPS) is 20.3. The lowest BCUT2D eigenvalue weighted by Gasteiger charge is -2.20. The first-order chi connectivity index (χ1) is 9.79. The molecule has 3 N–H and O–H groups in total. The fourth-order valence-corrected chi connectivity index (χ4v) is 3.98. The molecule has 7 heteroatoms. The number of hydrogen-bond acceptors (Lipinski definition) is 4. The average Bonchev–Trinajstić information content (AvgIpc) is 2.85. The maximum Gasteiger partial charge on any atom is 0.242 e. The van der Waals surface area contributed by atoms with Crippen LogP contribution >= 0.6 is 11.6 Å². The van der Waals surface area contributed by atoms with Gasteiger partial charge in [0, 0.05) is 24.2 Å². The van der Waals surface area contributed by atoms with Gasteiger partial charge in [0.15, 0.2) is 0 Å². The number of nitrogen functional groups attached to an aromatic ring is 1. The molecule has 21 heavy (non-hydrogen) atoms. The molecule has 0 bridgehead atoms. The maximum absolute atomic E-state index is 12.3. The van der Waals surface area contributed by atoms with Crippen molar-refractivity contribution in [3.8, 4) is 0 Å². The summed E-state index contributed by atoms with van der Waals surface area (Å²) < 4.78 is 27.2. The van der Waals surface area contributed by atoms with Gasteiger partial charge in [-0.15, -0.1) is 0 Å². The summed E-state index contributed by atoms with van der Waals surface area (Å²) in [7, 11) is -3.59. The van der Waals surface area contributed by atoms with Crippen molar-refractivity contribution in [1.29, 1.82) is 0 Å². The number of rotatable bonds is 5. The molecule has 1 heterocycles. The number of sulfonamides is 1. The van der Waals surface area contributed by atoms with E-state index in [-0.39, 0.29) is 10.6 Å². The summed E-state index contributed by atoms with van der Waals surface area (Å²) in [6.07, 6.45) is 1.01. The maximum atomic E-state index is 12.3.